The summed E-state index contributed by atoms with van der Waals surface area (Å²) in [6.45, 7) is 0. The zero-order chi connectivity index (χ0) is 16.6. The number of amides is 2. The average molecular weight is 318 g/mol. The summed E-state index contributed by atoms with van der Waals surface area (Å²) in [4.78, 5) is 35.5. The summed E-state index contributed by atoms with van der Waals surface area (Å²) in [6, 6.07) is 4.85. The van der Waals surface area contributed by atoms with Gasteiger partial charge in [0.25, 0.3) is 5.91 Å². The Morgan fingerprint density at radius 2 is 1.61 bits per heavy atom. The van der Waals surface area contributed by atoms with Gasteiger partial charge in [0.05, 0.1) is 11.8 Å². The molecule has 120 valence electrons. The molecule has 1 saturated carbocycles. The van der Waals surface area contributed by atoms with Gasteiger partial charge in [-0.3, -0.25) is 25.2 Å². The van der Waals surface area contributed by atoms with Crippen molar-refractivity contribution in [1.29, 1.82) is 0 Å². The first-order chi connectivity index (χ1) is 11.0. The van der Waals surface area contributed by atoms with E-state index in [1.54, 1.807) is 0 Å². The summed E-state index contributed by atoms with van der Waals surface area (Å²) < 4.78 is 12.8. The molecule has 0 radical (unpaired) electrons. The molecule has 2 amide bonds. The maximum atomic E-state index is 12.8. The number of hydrazine groups is 1. The van der Waals surface area contributed by atoms with Gasteiger partial charge < -0.3 is 5.11 Å². The number of hydrogen-bond donors (Lipinski definition) is 3. The van der Waals surface area contributed by atoms with Gasteiger partial charge in [-0.05, 0) is 42.5 Å². The number of benzene rings is 1. The van der Waals surface area contributed by atoms with Crippen molar-refractivity contribution < 1.29 is 23.9 Å². The van der Waals surface area contributed by atoms with E-state index in [1.165, 1.54) is 12.1 Å². The van der Waals surface area contributed by atoms with Gasteiger partial charge in [0.15, 0.2) is 0 Å². The summed E-state index contributed by atoms with van der Waals surface area (Å²) in [5, 5.41) is 9.30. The summed E-state index contributed by atoms with van der Waals surface area (Å²) >= 11 is 0. The highest BCUT2D eigenvalue weighted by Gasteiger charge is 2.51. The van der Waals surface area contributed by atoms with Crippen molar-refractivity contribution in [3.05, 3.63) is 47.8 Å². The molecule has 0 spiro atoms. The summed E-state index contributed by atoms with van der Waals surface area (Å²) in [7, 11) is 0. The highest BCUT2D eigenvalue weighted by molar-refractivity contribution is 5.96. The first kappa shape index (κ1) is 15.2. The lowest BCUT2D eigenvalue weighted by Gasteiger charge is -2.23. The SMILES string of the molecule is O=C(NNC(=O)[C@@H]1[C@@H](C(=O)O)[C@H]2C=C[C@H]1C2)c1ccc(F)cc1. The van der Waals surface area contributed by atoms with Crippen LogP contribution in [-0.4, -0.2) is 22.9 Å². The van der Waals surface area contributed by atoms with E-state index < -0.39 is 35.4 Å². The number of allylic oxidation sites excluding steroid dienone is 2. The Labute approximate surface area is 131 Å². The van der Waals surface area contributed by atoms with Gasteiger partial charge in [0.1, 0.15) is 5.82 Å². The maximum absolute atomic E-state index is 12.8. The standard InChI is InChI=1S/C16H15FN2O4/c17-11-5-3-8(4-6-11)14(20)18-19-15(21)12-9-1-2-10(7-9)13(12)16(22)23/h1-6,9-10,12-13H,7H2,(H,18,20)(H,19,21)(H,22,23)/t9-,10-,12-,13-/m0/s1. The van der Waals surface area contributed by atoms with Gasteiger partial charge in [-0.2, -0.15) is 0 Å². The molecule has 23 heavy (non-hydrogen) atoms. The number of nitrogens with one attached hydrogen (secondary N) is 2. The minimum absolute atomic E-state index is 0.121. The molecular weight excluding hydrogens is 303 g/mol. The quantitative estimate of drug-likeness (QED) is 0.575. The van der Waals surface area contributed by atoms with Crippen LogP contribution in [-0.2, 0) is 9.59 Å². The third-order valence-corrected chi connectivity index (χ3v) is 4.45. The van der Waals surface area contributed by atoms with Crippen molar-refractivity contribution in [2.45, 2.75) is 6.42 Å². The molecule has 3 N–H and O–H groups in total. The van der Waals surface area contributed by atoms with E-state index in [0.29, 0.717) is 6.42 Å². The predicted molar refractivity (Wildman–Crippen MR) is 77.4 cm³/mol. The Hall–Kier alpha value is -2.70. The second-order valence-electron chi connectivity index (χ2n) is 5.79. The molecule has 1 aromatic rings. The lowest BCUT2D eigenvalue weighted by atomic mass is 9.82. The van der Waals surface area contributed by atoms with E-state index in [2.05, 4.69) is 10.9 Å². The van der Waals surface area contributed by atoms with E-state index in [9.17, 15) is 23.9 Å². The minimum Gasteiger partial charge on any atom is -0.481 e. The lowest BCUT2D eigenvalue weighted by Crippen LogP contribution is -2.48. The third kappa shape index (κ3) is 2.81. The van der Waals surface area contributed by atoms with Gasteiger partial charge in [-0.15, -0.1) is 0 Å². The number of carbonyl (C=O) groups excluding carboxylic acids is 2. The van der Waals surface area contributed by atoms with Gasteiger partial charge in [0, 0.05) is 5.56 Å². The fourth-order valence-electron chi connectivity index (χ4n) is 3.39. The second kappa shape index (κ2) is 5.83. The number of aliphatic carboxylic acids is 1. The number of carbonyl (C=O) groups is 3. The number of rotatable bonds is 3. The molecule has 1 fully saturated rings. The van der Waals surface area contributed by atoms with Crippen molar-refractivity contribution in [3.8, 4) is 0 Å². The molecule has 2 bridgehead atoms. The lowest BCUT2D eigenvalue weighted by molar-refractivity contribution is -0.148. The van der Waals surface area contributed by atoms with Crippen molar-refractivity contribution in [1.82, 2.24) is 10.9 Å². The van der Waals surface area contributed by atoms with Crippen LogP contribution in [0.15, 0.2) is 36.4 Å². The number of carboxylic acid groups (broad SMARTS) is 1. The van der Waals surface area contributed by atoms with E-state index in [1.807, 2.05) is 12.2 Å². The molecule has 7 heteroatoms. The molecule has 2 aliphatic carbocycles. The van der Waals surface area contributed by atoms with Gasteiger partial charge in [-0.25, -0.2) is 4.39 Å². The molecule has 0 aliphatic heterocycles. The van der Waals surface area contributed by atoms with Gasteiger partial charge >= 0.3 is 5.97 Å². The smallest absolute Gasteiger partial charge is 0.307 e. The van der Waals surface area contributed by atoms with E-state index in [-0.39, 0.29) is 17.4 Å². The molecular formula is C16H15FN2O4. The van der Waals surface area contributed by atoms with Crippen LogP contribution in [0.25, 0.3) is 0 Å². The Bertz CT molecular complexity index is 686. The highest BCUT2D eigenvalue weighted by atomic mass is 19.1. The van der Waals surface area contributed by atoms with Crippen LogP contribution < -0.4 is 10.9 Å². The van der Waals surface area contributed by atoms with Crippen molar-refractivity contribution >= 4 is 17.8 Å². The molecule has 3 rings (SSSR count). The second-order valence-corrected chi connectivity index (χ2v) is 5.79. The van der Waals surface area contributed by atoms with Gasteiger partial charge in [-0.1, -0.05) is 12.2 Å². The Morgan fingerprint density at radius 1 is 1.00 bits per heavy atom. The third-order valence-electron chi connectivity index (χ3n) is 4.45. The van der Waals surface area contributed by atoms with Crippen LogP contribution in [0.2, 0.25) is 0 Å². The maximum Gasteiger partial charge on any atom is 0.307 e. The van der Waals surface area contributed by atoms with Crippen LogP contribution in [0.3, 0.4) is 0 Å². The molecule has 6 nitrogen and oxygen atoms in total. The number of carboxylic acids is 1. The normalized spacial score (nSPS) is 27.7. The Balaban J connectivity index is 1.63. The predicted octanol–water partition coefficient (Wildman–Crippen LogP) is 1.11. The largest absolute Gasteiger partial charge is 0.481 e. The summed E-state index contributed by atoms with van der Waals surface area (Å²) in [6.07, 6.45) is 4.33. The minimum atomic E-state index is -1.01. The molecule has 4 atom stereocenters. The molecule has 0 heterocycles. The summed E-state index contributed by atoms with van der Waals surface area (Å²) in [5.74, 6) is -4.32. The molecule has 0 unspecified atom stereocenters. The highest BCUT2D eigenvalue weighted by Crippen LogP contribution is 2.48. The number of halogens is 1. The van der Waals surface area contributed by atoms with Crippen LogP contribution in [0.4, 0.5) is 4.39 Å². The monoisotopic (exact) mass is 318 g/mol. The fraction of sp³-hybridized carbons (Fsp3) is 0.312. The van der Waals surface area contributed by atoms with E-state index in [4.69, 9.17) is 0 Å². The zero-order valence-electron chi connectivity index (χ0n) is 12.0. The van der Waals surface area contributed by atoms with Gasteiger partial charge in [0.2, 0.25) is 5.91 Å². The van der Waals surface area contributed by atoms with E-state index >= 15 is 0 Å². The number of fused-ring (bicyclic) bond motifs is 2. The van der Waals surface area contributed by atoms with Crippen molar-refractivity contribution in [3.63, 3.8) is 0 Å². The molecule has 0 saturated heterocycles. The zero-order valence-corrected chi connectivity index (χ0v) is 12.0. The molecule has 1 aromatic carbocycles. The average Bonchev–Trinajstić information content (AvgIpc) is 3.13. The first-order valence-electron chi connectivity index (χ1n) is 7.24. The fourth-order valence-corrected chi connectivity index (χ4v) is 3.39. The molecule has 0 aromatic heterocycles. The van der Waals surface area contributed by atoms with E-state index in [0.717, 1.165) is 12.1 Å². The van der Waals surface area contributed by atoms with Crippen LogP contribution in [0.1, 0.15) is 16.8 Å². The van der Waals surface area contributed by atoms with Crippen molar-refractivity contribution in [2.24, 2.45) is 23.7 Å². The first-order valence-corrected chi connectivity index (χ1v) is 7.24. The van der Waals surface area contributed by atoms with Crippen LogP contribution >= 0.6 is 0 Å². The topological polar surface area (TPSA) is 95.5 Å². The van der Waals surface area contributed by atoms with Crippen LogP contribution in [0, 0.1) is 29.5 Å². The summed E-state index contributed by atoms with van der Waals surface area (Å²) in [5.41, 5.74) is 4.70. The Kier molecular flexibility index (Phi) is 3.85. The van der Waals surface area contributed by atoms with Crippen LogP contribution in [0.5, 0.6) is 0 Å². The number of hydrogen-bond acceptors (Lipinski definition) is 3. The molecule has 2 aliphatic rings. The van der Waals surface area contributed by atoms with Crippen molar-refractivity contribution in [2.75, 3.05) is 0 Å². The Morgan fingerprint density at radius 3 is 2.22 bits per heavy atom.